The third kappa shape index (κ3) is 7.01. The van der Waals surface area contributed by atoms with Crippen molar-refractivity contribution in [3.05, 3.63) is 29.8 Å². The summed E-state index contributed by atoms with van der Waals surface area (Å²) in [5.74, 6) is 0.347. The van der Waals surface area contributed by atoms with E-state index in [9.17, 15) is 4.79 Å². The number of carbonyl (C=O) groups is 1. The smallest absolute Gasteiger partial charge is 0.291 e. The molecule has 1 N–H and O–H groups in total. The molecule has 1 aliphatic heterocycles. The number of hydrogen-bond acceptors (Lipinski definition) is 6. The first kappa shape index (κ1) is 20.2. The van der Waals surface area contributed by atoms with Crippen LogP contribution in [0.25, 0.3) is 0 Å². The number of rotatable bonds is 8. The van der Waals surface area contributed by atoms with E-state index < -0.39 is 0 Å². The van der Waals surface area contributed by atoms with E-state index in [0.717, 1.165) is 19.6 Å². The highest BCUT2D eigenvalue weighted by Crippen LogP contribution is 2.12. The summed E-state index contributed by atoms with van der Waals surface area (Å²) in [7, 11) is 3.17. The average Bonchev–Trinajstić information content (AvgIpc) is 2.68. The molecule has 0 radical (unpaired) electrons. The van der Waals surface area contributed by atoms with Gasteiger partial charge in [0.25, 0.3) is 11.9 Å². The molecular weight excluding hydrogens is 334 g/mol. The van der Waals surface area contributed by atoms with Gasteiger partial charge in [-0.15, -0.1) is 0 Å². The van der Waals surface area contributed by atoms with Gasteiger partial charge in [-0.25, -0.2) is 4.99 Å². The van der Waals surface area contributed by atoms with E-state index in [2.05, 4.69) is 15.2 Å². The molecule has 1 amide bonds. The molecule has 2 rings (SSSR count). The maximum absolute atomic E-state index is 12.5. The molecule has 1 aromatic carbocycles. The van der Waals surface area contributed by atoms with Gasteiger partial charge in [-0.2, -0.15) is 0 Å². The molecule has 0 saturated carbocycles. The van der Waals surface area contributed by atoms with Gasteiger partial charge in [0.1, 0.15) is 12.4 Å². The lowest BCUT2D eigenvalue weighted by molar-refractivity contribution is 0.0953. The largest absolute Gasteiger partial charge is 0.497 e. The monoisotopic (exact) mass is 363 g/mol. The molecule has 1 aromatic rings. The lowest BCUT2D eigenvalue weighted by Crippen LogP contribution is -2.35. The van der Waals surface area contributed by atoms with Gasteiger partial charge in [0.15, 0.2) is 0 Å². The Kier molecular flexibility index (Phi) is 8.92. The number of nitrogens with one attached hydrogen (secondary N) is 1. The topological polar surface area (TPSA) is 72.4 Å². The van der Waals surface area contributed by atoms with Crippen molar-refractivity contribution in [2.75, 3.05) is 53.6 Å². The number of piperidine rings is 1. The van der Waals surface area contributed by atoms with Crippen molar-refractivity contribution in [3.63, 3.8) is 0 Å². The highest BCUT2D eigenvalue weighted by Gasteiger charge is 2.12. The highest BCUT2D eigenvalue weighted by molar-refractivity contribution is 6.04. The number of aliphatic imine (C=N–C) groups is 1. The Morgan fingerprint density at radius 1 is 1.19 bits per heavy atom. The van der Waals surface area contributed by atoms with E-state index >= 15 is 0 Å². The first-order valence-corrected chi connectivity index (χ1v) is 9.07. The predicted molar refractivity (Wildman–Crippen MR) is 101 cm³/mol. The number of amidine groups is 1. The quantitative estimate of drug-likeness (QED) is 0.434. The molecule has 7 nitrogen and oxygen atoms in total. The van der Waals surface area contributed by atoms with Gasteiger partial charge < -0.3 is 19.1 Å². The van der Waals surface area contributed by atoms with Gasteiger partial charge in [0, 0.05) is 19.2 Å². The SMILES string of the molecule is COCCOC(=NCCN1CCCCC1)NC(=O)c1cccc(OC)c1. The van der Waals surface area contributed by atoms with Gasteiger partial charge in [0.2, 0.25) is 0 Å². The summed E-state index contributed by atoms with van der Waals surface area (Å²) in [6.45, 7) is 4.45. The summed E-state index contributed by atoms with van der Waals surface area (Å²) in [4.78, 5) is 19.3. The number of carbonyl (C=O) groups excluding carboxylic acids is 1. The zero-order valence-electron chi connectivity index (χ0n) is 15.7. The maximum Gasteiger partial charge on any atom is 0.291 e. The summed E-state index contributed by atoms with van der Waals surface area (Å²) in [5.41, 5.74) is 0.489. The van der Waals surface area contributed by atoms with Crippen LogP contribution in [-0.2, 0) is 9.47 Å². The molecule has 1 saturated heterocycles. The second-order valence-corrected chi connectivity index (χ2v) is 6.12. The van der Waals surface area contributed by atoms with E-state index in [0.29, 0.717) is 31.1 Å². The van der Waals surface area contributed by atoms with Crippen LogP contribution in [0.2, 0.25) is 0 Å². The fraction of sp³-hybridized carbons (Fsp3) is 0.579. The minimum absolute atomic E-state index is 0.229. The molecule has 7 heteroatoms. The summed E-state index contributed by atoms with van der Waals surface area (Å²) >= 11 is 0. The average molecular weight is 363 g/mol. The third-order valence-electron chi connectivity index (χ3n) is 4.20. The molecule has 144 valence electrons. The van der Waals surface area contributed by atoms with E-state index in [4.69, 9.17) is 14.2 Å². The van der Waals surface area contributed by atoms with Crippen molar-refractivity contribution in [1.82, 2.24) is 10.2 Å². The van der Waals surface area contributed by atoms with Crippen molar-refractivity contribution in [1.29, 1.82) is 0 Å². The van der Waals surface area contributed by atoms with Gasteiger partial charge in [-0.05, 0) is 44.1 Å². The molecule has 1 heterocycles. The minimum atomic E-state index is -0.280. The lowest BCUT2D eigenvalue weighted by atomic mass is 10.1. The Labute approximate surface area is 155 Å². The molecule has 0 aliphatic carbocycles. The van der Waals surface area contributed by atoms with Crippen molar-refractivity contribution in [2.45, 2.75) is 19.3 Å². The van der Waals surface area contributed by atoms with Gasteiger partial charge in [-0.3, -0.25) is 10.1 Å². The molecule has 0 unspecified atom stereocenters. The number of benzene rings is 1. The zero-order valence-corrected chi connectivity index (χ0v) is 15.7. The van der Waals surface area contributed by atoms with Crippen LogP contribution in [0.3, 0.4) is 0 Å². The Balaban J connectivity index is 1.93. The van der Waals surface area contributed by atoms with Crippen LogP contribution in [0.4, 0.5) is 0 Å². The third-order valence-corrected chi connectivity index (χ3v) is 4.20. The van der Waals surface area contributed by atoms with Gasteiger partial charge in [-0.1, -0.05) is 12.5 Å². The molecular formula is C19H29N3O4. The molecule has 1 fully saturated rings. The predicted octanol–water partition coefficient (Wildman–Crippen LogP) is 1.93. The highest BCUT2D eigenvalue weighted by atomic mass is 16.5. The number of methoxy groups -OCH3 is 2. The number of nitrogens with zero attached hydrogens (tertiary/aromatic N) is 2. The standard InChI is InChI=1S/C19H29N3O4/c1-24-13-14-26-19(20-9-12-22-10-4-3-5-11-22)21-18(23)16-7-6-8-17(15-16)25-2/h6-8,15H,3-5,9-14H2,1-2H3,(H,20,21,23). The van der Waals surface area contributed by atoms with Crippen LogP contribution in [0.5, 0.6) is 5.75 Å². The summed E-state index contributed by atoms with van der Waals surface area (Å²) in [5, 5.41) is 2.74. The number of hydrogen-bond donors (Lipinski definition) is 1. The molecule has 26 heavy (non-hydrogen) atoms. The fourth-order valence-electron chi connectivity index (χ4n) is 2.75. The first-order valence-electron chi connectivity index (χ1n) is 9.07. The minimum Gasteiger partial charge on any atom is -0.497 e. The molecule has 0 aromatic heterocycles. The second kappa shape index (κ2) is 11.5. The lowest BCUT2D eigenvalue weighted by Gasteiger charge is -2.25. The van der Waals surface area contributed by atoms with Crippen LogP contribution < -0.4 is 10.1 Å². The van der Waals surface area contributed by atoms with E-state index in [1.54, 1.807) is 38.5 Å². The maximum atomic E-state index is 12.5. The first-order chi connectivity index (χ1) is 12.7. The Bertz CT molecular complexity index is 586. The van der Waals surface area contributed by atoms with Crippen LogP contribution in [-0.4, -0.2) is 70.4 Å². The fourth-order valence-corrected chi connectivity index (χ4v) is 2.75. The van der Waals surface area contributed by atoms with Crippen molar-refractivity contribution < 1.29 is 19.0 Å². The Morgan fingerprint density at radius 3 is 2.73 bits per heavy atom. The number of ether oxygens (including phenoxy) is 3. The van der Waals surface area contributed by atoms with Crippen LogP contribution in [0.1, 0.15) is 29.6 Å². The summed E-state index contributed by atoms with van der Waals surface area (Å²) in [6.07, 6.45) is 3.79. The molecule has 0 atom stereocenters. The normalized spacial score (nSPS) is 15.5. The number of amides is 1. The van der Waals surface area contributed by atoms with Crippen molar-refractivity contribution >= 4 is 11.9 Å². The van der Waals surface area contributed by atoms with Crippen molar-refractivity contribution in [2.24, 2.45) is 4.99 Å². The Morgan fingerprint density at radius 2 is 2.00 bits per heavy atom. The second-order valence-electron chi connectivity index (χ2n) is 6.12. The van der Waals surface area contributed by atoms with E-state index in [-0.39, 0.29) is 11.9 Å². The summed E-state index contributed by atoms with van der Waals surface area (Å²) in [6, 6.07) is 7.19. The van der Waals surface area contributed by atoms with Gasteiger partial charge >= 0.3 is 0 Å². The molecule has 0 bridgehead atoms. The van der Waals surface area contributed by atoms with Crippen LogP contribution in [0.15, 0.2) is 29.3 Å². The van der Waals surface area contributed by atoms with Crippen molar-refractivity contribution in [3.8, 4) is 5.75 Å². The molecule has 1 aliphatic rings. The molecule has 0 spiro atoms. The van der Waals surface area contributed by atoms with E-state index in [1.165, 1.54) is 19.3 Å². The van der Waals surface area contributed by atoms with E-state index in [1.807, 2.05) is 0 Å². The summed E-state index contributed by atoms with van der Waals surface area (Å²) < 4.78 is 15.7. The zero-order chi connectivity index (χ0) is 18.6. The Hall–Kier alpha value is -2.12. The van der Waals surface area contributed by atoms with Crippen LogP contribution in [0, 0.1) is 0 Å². The number of likely N-dealkylation sites (tertiary alicyclic amines) is 1. The van der Waals surface area contributed by atoms with Crippen LogP contribution >= 0.6 is 0 Å². The van der Waals surface area contributed by atoms with Gasteiger partial charge in [0.05, 0.1) is 20.3 Å².